The number of hydrogen-bond acceptors (Lipinski definition) is 4. The maximum absolute atomic E-state index is 8.90. The molecule has 0 fully saturated rings. The van der Waals surface area contributed by atoms with E-state index in [-0.39, 0.29) is 6.61 Å². The first-order chi connectivity index (χ1) is 7.30. The number of nitrogens with zero attached hydrogens (tertiary/aromatic N) is 2. The van der Waals surface area contributed by atoms with Crippen molar-refractivity contribution in [1.82, 2.24) is 4.90 Å². The maximum Gasteiger partial charge on any atom is 0.110 e. The molecule has 0 bridgehead atoms. The average molecular weight is 224 g/mol. The van der Waals surface area contributed by atoms with Crippen molar-refractivity contribution in [3.63, 3.8) is 0 Å². The number of aliphatic hydroxyl groups is 1. The lowest BCUT2D eigenvalue weighted by Crippen LogP contribution is -2.26. The van der Waals surface area contributed by atoms with Crippen LogP contribution in [0.15, 0.2) is 12.1 Å². The van der Waals surface area contributed by atoms with Crippen LogP contribution in [0.5, 0.6) is 0 Å². The first-order valence-corrected chi connectivity index (χ1v) is 5.93. The lowest BCUT2D eigenvalue weighted by molar-refractivity contribution is 0.191. The molecule has 0 aromatic carbocycles. The number of nitriles is 1. The molecule has 0 saturated carbocycles. The van der Waals surface area contributed by atoms with Crippen LogP contribution in [0, 0.1) is 11.3 Å². The third-order valence-electron chi connectivity index (χ3n) is 2.11. The monoisotopic (exact) mass is 224 g/mol. The quantitative estimate of drug-likeness (QED) is 0.802. The van der Waals surface area contributed by atoms with Crippen molar-refractivity contribution in [2.45, 2.75) is 19.9 Å². The molecule has 0 spiro atoms. The van der Waals surface area contributed by atoms with Crippen molar-refractivity contribution in [3.8, 4) is 6.07 Å². The smallest absolute Gasteiger partial charge is 0.110 e. The van der Waals surface area contributed by atoms with Gasteiger partial charge in [-0.15, -0.1) is 11.3 Å². The van der Waals surface area contributed by atoms with Gasteiger partial charge in [-0.05, 0) is 25.1 Å². The zero-order chi connectivity index (χ0) is 11.1. The largest absolute Gasteiger partial charge is 0.395 e. The molecule has 1 heterocycles. The molecular formula is C11H16N2OS. The Balaban J connectivity index is 2.53. The minimum Gasteiger partial charge on any atom is -0.395 e. The van der Waals surface area contributed by atoms with Crippen molar-refractivity contribution in [2.75, 3.05) is 19.7 Å². The van der Waals surface area contributed by atoms with Crippen LogP contribution in [-0.4, -0.2) is 29.7 Å². The zero-order valence-corrected chi connectivity index (χ0v) is 9.76. The molecule has 82 valence electrons. The van der Waals surface area contributed by atoms with E-state index in [0.29, 0.717) is 6.54 Å². The van der Waals surface area contributed by atoms with Crippen molar-refractivity contribution >= 4 is 11.3 Å². The maximum atomic E-state index is 8.90. The van der Waals surface area contributed by atoms with Gasteiger partial charge in [0.05, 0.1) is 6.61 Å². The molecule has 0 saturated heterocycles. The summed E-state index contributed by atoms with van der Waals surface area (Å²) in [6, 6.07) is 5.97. The fraction of sp³-hybridized carbons (Fsp3) is 0.545. The molecule has 4 heteroatoms. The molecular weight excluding hydrogens is 208 g/mol. The van der Waals surface area contributed by atoms with Gasteiger partial charge < -0.3 is 5.11 Å². The first-order valence-electron chi connectivity index (χ1n) is 5.12. The van der Waals surface area contributed by atoms with E-state index in [1.807, 2.05) is 12.1 Å². The van der Waals surface area contributed by atoms with Gasteiger partial charge in [0.25, 0.3) is 0 Å². The third kappa shape index (κ3) is 4.00. The van der Waals surface area contributed by atoms with Crippen molar-refractivity contribution < 1.29 is 5.11 Å². The number of hydrogen-bond donors (Lipinski definition) is 1. The summed E-state index contributed by atoms with van der Waals surface area (Å²) in [6.07, 6.45) is 1.08. The topological polar surface area (TPSA) is 47.3 Å². The molecule has 0 amide bonds. The summed E-state index contributed by atoms with van der Waals surface area (Å²) >= 11 is 1.53. The second-order valence-corrected chi connectivity index (χ2v) is 4.55. The Morgan fingerprint density at radius 2 is 2.27 bits per heavy atom. The predicted octanol–water partition coefficient (Wildman–Crippen LogP) is 1.82. The molecule has 1 N–H and O–H groups in total. The Morgan fingerprint density at radius 1 is 1.47 bits per heavy atom. The van der Waals surface area contributed by atoms with E-state index >= 15 is 0 Å². The van der Waals surface area contributed by atoms with Crippen LogP contribution in [0.4, 0.5) is 0 Å². The lowest BCUT2D eigenvalue weighted by atomic mass is 10.3. The molecule has 0 radical (unpaired) electrons. The standard InChI is InChI=1S/C11H16N2OS/c1-2-5-13(6-7-14)9-11-4-3-10(8-12)15-11/h3-4,14H,2,5-7,9H2,1H3. The van der Waals surface area contributed by atoms with Gasteiger partial charge in [-0.2, -0.15) is 5.26 Å². The third-order valence-corrected chi connectivity index (χ3v) is 3.08. The van der Waals surface area contributed by atoms with Gasteiger partial charge in [0.15, 0.2) is 0 Å². The summed E-state index contributed by atoms with van der Waals surface area (Å²) in [6.45, 7) is 4.84. The van der Waals surface area contributed by atoms with Crippen LogP contribution >= 0.6 is 11.3 Å². The second-order valence-electron chi connectivity index (χ2n) is 3.38. The molecule has 1 aromatic heterocycles. The van der Waals surface area contributed by atoms with E-state index in [2.05, 4.69) is 17.9 Å². The summed E-state index contributed by atoms with van der Waals surface area (Å²) < 4.78 is 0. The minimum atomic E-state index is 0.191. The van der Waals surface area contributed by atoms with Gasteiger partial charge >= 0.3 is 0 Å². The van der Waals surface area contributed by atoms with E-state index in [1.54, 1.807) is 0 Å². The molecule has 0 aliphatic heterocycles. The molecule has 1 rings (SSSR count). The molecule has 0 aliphatic rings. The van der Waals surface area contributed by atoms with Gasteiger partial charge in [0, 0.05) is 18.0 Å². The Kier molecular flexibility index (Phi) is 5.33. The van der Waals surface area contributed by atoms with Crippen LogP contribution in [0.3, 0.4) is 0 Å². The van der Waals surface area contributed by atoms with Gasteiger partial charge in [0.1, 0.15) is 10.9 Å². The van der Waals surface area contributed by atoms with Crippen molar-refractivity contribution in [1.29, 1.82) is 5.26 Å². The number of aliphatic hydroxyl groups excluding tert-OH is 1. The highest BCUT2D eigenvalue weighted by molar-refractivity contribution is 7.12. The Labute approximate surface area is 94.6 Å². The highest BCUT2D eigenvalue weighted by atomic mass is 32.1. The van der Waals surface area contributed by atoms with Gasteiger partial charge in [-0.25, -0.2) is 0 Å². The van der Waals surface area contributed by atoms with E-state index in [9.17, 15) is 0 Å². The Morgan fingerprint density at radius 3 is 2.80 bits per heavy atom. The van der Waals surface area contributed by atoms with Crippen LogP contribution in [0.1, 0.15) is 23.1 Å². The van der Waals surface area contributed by atoms with E-state index in [4.69, 9.17) is 10.4 Å². The van der Waals surface area contributed by atoms with Gasteiger partial charge in [-0.3, -0.25) is 4.90 Å². The Hall–Kier alpha value is -0.890. The summed E-state index contributed by atoms with van der Waals surface area (Å²) in [7, 11) is 0. The molecule has 0 aliphatic carbocycles. The van der Waals surface area contributed by atoms with Crippen LogP contribution in [0.2, 0.25) is 0 Å². The van der Waals surface area contributed by atoms with E-state index < -0.39 is 0 Å². The van der Waals surface area contributed by atoms with Crippen LogP contribution in [0.25, 0.3) is 0 Å². The second kappa shape index (κ2) is 6.57. The molecule has 3 nitrogen and oxygen atoms in total. The van der Waals surface area contributed by atoms with Gasteiger partial charge in [-0.1, -0.05) is 6.92 Å². The molecule has 0 atom stereocenters. The summed E-state index contributed by atoms with van der Waals surface area (Å²) in [5, 5.41) is 17.6. The molecule has 0 unspecified atom stereocenters. The zero-order valence-electron chi connectivity index (χ0n) is 8.94. The SMILES string of the molecule is CCCN(CCO)Cc1ccc(C#N)s1. The van der Waals surface area contributed by atoms with E-state index in [0.717, 1.165) is 24.4 Å². The van der Waals surface area contributed by atoms with Gasteiger partial charge in [0.2, 0.25) is 0 Å². The van der Waals surface area contributed by atoms with Crippen molar-refractivity contribution in [3.05, 3.63) is 21.9 Å². The van der Waals surface area contributed by atoms with E-state index in [1.165, 1.54) is 16.2 Å². The summed E-state index contributed by atoms with van der Waals surface area (Å²) in [4.78, 5) is 4.14. The van der Waals surface area contributed by atoms with Crippen molar-refractivity contribution in [2.24, 2.45) is 0 Å². The van der Waals surface area contributed by atoms with Crippen LogP contribution < -0.4 is 0 Å². The number of rotatable bonds is 6. The summed E-state index contributed by atoms with van der Waals surface area (Å²) in [5.41, 5.74) is 0. The normalized spacial score (nSPS) is 10.5. The molecule has 15 heavy (non-hydrogen) atoms. The highest BCUT2D eigenvalue weighted by Crippen LogP contribution is 2.17. The fourth-order valence-electron chi connectivity index (χ4n) is 1.47. The molecule has 1 aromatic rings. The fourth-order valence-corrected chi connectivity index (χ4v) is 2.32. The lowest BCUT2D eigenvalue weighted by Gasteiger charge is -2.19. The Bertz CT molecular complexity index is 324. The average Bonchev–Trinajstić information content (AvgIpc) is 2.66. The predicted molar refractivity (Wildman–Crippen MR) is 61.7 cm³/mol. The highest BCUT2D eigenvalue weighted by Gasteiger charge is 2.06. The summed E-state index contributed by atoms with van der Waals surface area (Å²) in [5.74, 6) is 0. The minimum absolute atomic E-state index is 0.191. The first kappa shape index (κ1) is 12.2. The number of thiophene rings is 1. The van der Waals surface area contributed by atoms with Crippen LogP contribution in [-0.2, 0) is 6.54 Å².